The number of aliphatic hydroxyl groups is 4. The summed E-state index contributed by atoms with van der Waals surface area (Å²) in [7, 11) is 1.19. The summed E-state index contributed by atoms with van der Waals surface area (Å²) in [6.07, 6.45) is 10.1. The number of likely N-dealkylation sites (tertiary alicyclic amines) is 1. The number of nitrogens with one attached hydrogen (secondary N) is 1. The Morgan fingerprint density at radius 2 is 1.52 bits per heavy atom. The van der Waals surface area contributed by atoms with Gasteiger partial charge in [0.2, 0.25) is 5.91 Å². The smallest absolute Gasteiger partial charge is 0.306 e. The molecule has 46 heavy (non-hydrogen) atoms. The number of hydrogen-bond donors (Lipinski definition) is 5. The third-order valence-corrected chi connectivity index (χ3v) is 8.31. The number of aliphatic hydroxyl groups excluding tert-OH is 4. The van der Waals surface area contributed by atoms with Crippen LogP contribution in [0, 0.1) is 5.41 Å². The van der Waals surface area contributed by atoms with Crippen LogP contribution in [0.5, 0.6) is 0 Å². The van der Waals surface area contributed by atoms with Gasteiger partial charge in [-0.05, 0) is 31.1 Å². The van der Waals surface area contributed by atoms with Crippen LogP contribution in [0.25, 0.3) is 0 Å². The van der Waals surface area contributed by atoms with Crippen LogP contribution in [0.2, 0.25) is 0 Å². The lowest BCUT2D eigenvalue weighted by atomic mass is 9.94. The minimum atomic E-state index is -1.78. The Hall–Kier alpha value is -2.05. The van der Waals surface area contributed by atoms with E-state index in [1.165, 1.54) is 69.5 Å². The van der Waals surface area contributed by atoms with E-state index in [2.05, 4.69) is 12.2 Å². The van der Waals surface area contributed by atoms with Crippen LogP contribution < -0.4 is 5.32 Å². The Morgan fingerprint density at radius 1 is 0.935 bits per heavy atom. The lowest BCUT2D eigenvalue weighted by Crippen LogP contribution is -2.56. The molecule has 11 nitrogen and oxygen atoms in total. The third-order valence-electron chi connectivity index (χ3n) is 8.31. The molecule has 1 rings (SSSR count). The number of methoxy groups -OCH3 is 1. The molecule has 0 saturated carbocycles. The topological polar surface area (TPSA) is 166 Å². The van der Waals surface area contributed by atoms with Crippen LogP contribution in [-0.2, 0) is 23.9 Å². The largest absolute Gasteiger partial charge is 0.460 e. The van der Waals surface area contributed by atoms with Crippen molar-refractivity contribution in [3.8, 4) is 0 Å². The second-order valence-corrected chi connectivity index (χ2v) is 13.8. The molecule has 11 heteroatoms. The van der Waals surface area contributed by atoms with Crippen LogP contribution in [0.1, 0.15) is 124 Å². The molecule has 1 saturated heterocycles. The van der Waals surface area contributed by atoms with E-state index in [4.69, 9.17) is 9.47 Å². The van der Waals surface area contributed by atoms with Crippen molar-refractivity contribution in [2.24, 2.45) is 5.41 Å². The van der Waals surface area contributed by atoms with Crippen LogP contribution in [0.3, 0.4) is 0 Å². The average molecular weight is 657 g/mol. The summed E-state index contributed by atoms with van der Waals surface area (Å²) in [6.45, 7) is 8.18. The number of unbranched alkanes of at least 4 members (excludes halogenated alkanes) is 10. The van der Waals surface area contributed by atoms with Gasteiger partial charge in [0.25, 0.3) is 5.91 Å². The van der Waals surface area contributed by atoms with E-state index >= 15 is 0 Å². The van der Waals surface area contributed by atoms with E-state index in [1.54, 1.807) is 6.08 Å². The van der Waals surface area contributed by atoms with Gasteiger partial charge in [-0.1, -0.05) is 104 Å². The first-order chi connectivity index (χ1) is 21.8. The summed E-state index contributed by atoms with van der Waals surface area (Å²) in [5, 5.41) is 43.5. The van der Waals surface area contributed by atoms with Crippen LogP contribution in [0.4, 0.5) is 0 Å². The molecular weight excluding hydrogens is 592 g/mol. The molecule has 5 N–H and O–H groups in total. The number of allylic oxidation sites excluding steroid dienone is 1. The van der Waals surface area contributed by atoms with Crippen LogP contribution >= 0.6 is 0 Å². The first-order valence-electron chi connectivity index (χ1n) is 17.5. The summed E-state index contributed by atoms with van der Waals surface area (Å²) in [5.74, 6) is -1.54. The Balaban J connectivity index is 2.66. The first kappa shape index (κ1) is 42.0. The SMILES string of the molecule is CCCCCCCCCCCCCC(=O)O[C@H]1CC[C@H](NC(=O)[C@H](OC)[C@H](O)[C@@H](O)[C@H](O)C=CC(C)(C)C)C(=O)N(CCCO)C1. The minimum absolute atomic E-state index is 0.133. The van der Waals surface area contributed by atoms with E-state index in [9.17, 15) is 34.8 Å². The Kier molecular flexibility index (Phi) is 21.3. The summed E-state index contributed by atoms with van der Waals surface area (Å²) in [4.78, 5) is 40.7. The van der Waals surface area contributed by atoms with Gasteiger partial charge in [0.1, 0.15) is 30.5 Å². The van der Waals surface area contributed by atoms with Crippen molar-refractivity contribution in [3.63, 3.8) is 0 Å². The monoisotopic (exact) mass is 656 g/mol. The van der Waals surface area contributed by atoms with Gasteiger partial charge in [-0.2, -0.15) is 0 Å². The molecule has 0 aromatic heterocycles. The number of rotatable bonds is 23. The van der Waals surface area contributed by atoms with E-state index in [0.717, 1.165) is 19.3 Å². The van der Waals surface area contributed by atoms with Crippen LogP contribution in [0.15, 0.2) is 12.2 Å². The fraction of sp³-hybridized carbons (Fsp3) is 0.857. The lowest BCUT2D eigenvalue weighted by molar-refractivity contribution is -0.152. The molecule has 0 aromatic rings. The first-order valence-corrected chi connectivity index (χ1v) is 17.5. The van der Waals surface area contributed by atoms with Crippen LogP contribution in [-0.4, -0.2) is 106 Å². The molecule has 0 spiro atoms. The number of hydrogen-bond acceptors (Lipinski definition) is 9. The molecule has 0 unspecified atom stereocenters. The zero-order chi connectivity index (χ0) is 34.5. The molecule has 268 valence electrons. The standard InChI is InChI=1S/C35H64N2O9/c1-6-7-8-9-10-11-12-13-14-15-16-18-29(40)46-26-19-20-27(34(44)37(25-26)23-17-24-38)36-33(43)32(45-5)31(42)30(41)28(39)21-22-35(2,3)4/h21-22,26-28,30-32,38-39,41-42H,6-20,23-25H2,1-5H3,(H,36,43)/t26-,27-,28+,30-,31+,32+/m0/s1. The molecule has 0 radical (unpaired) electrons. The van der Waals surface area contributed by atoms with Crippen molar-refractivity contribution in [3.05, 3.63) is 12.2 Å². The summed E-state index contributed by atoms with van der Waals surface area (Å²) in [6, 6.07) is -0.991. The van der Waals surface area contributed by atoms with Gasteiger partial charge in [-0.25, -0.2) is 0 Å². The highest BCUT2D eigenvalue weighted by molar-refractivity contribution is 5.90. The maximum Gasteiger partial charge on any atom is 0.306 e. The van der Waals surface area contributed by atoms with Gasteiger partial charge in [-0.3, -0.25) is 14.4 Å². The second kappa shape index (κ2) is 23.3. The number of carbonyl (C=O) groups is 3. The maximum atomic E-state index is 13.4. The van der Waals surface area contributed by atoms with E-state index in [1.807, 2.05) is 20.8 Å². The summed E-state index contributed by atoms with van der Waals surface area (Å²) < 4.78 is 10.9. The fourth-order valence-corrected chi connectivity index (χ4v) is 5.53. The van der Waals surface area contributed by atoms with Crippen molar-refractivity contribution >= 4 is 17.8 Å². The van der Waals surface area contributed by atoms with Crippen molar-refractivity contribution in [1.29, 1.82) is 0 Å². The number of carbonyl (C=O) groups excluding carboxylic acids is 3. The molecule has 1 aliphatic heterocycles. The van der Waals surface area contributed by atoms with E-state index < -0.39 is 48.4 Å². The predicted octanol–water partition coefficient (Wildman–Crippen LogP) is 3.79. The number of ether oxygens (including phenoxy) is 2. The zero-order valence-electron chi connectivity index (χ0n) is 29.1. The van der Waals surface area contributed by atoms with Crippen molar-refractivity contribution < 1.29 is 44.3 Å². The summed E-state index contributed by atoms with van der Waals surface area (Å²) in [5.41, 5.74) is -0.274. The molecule has 0 aromatic carbocycles. The average Bonchev–Trinajstić information content (AvgIpc) is 3.14. The van der Waals surface area contributed by atoms with Crippen molar-refractivity contribution in [2.45, 2.75) is 161 Å². The number of esters is 1. The zero-order valence-corrected chi connectivity index (χ0v) is 29.1. The van der Waals surface area contributed by atoms with Crippen molar-refractivity contribution in [2.75, 3.05) is 26.8 Å². The second-order valence-electron chi connectivity index (χ2n) is 13.8. The van der Waals surface area contributed by atoms with Gasteiger partial charge in [0, 0.05) is 26.7 Å². The minimum Gasteiger partial charge on any atom is -0.460 e. The molecular formula is C35H64N2O9. The quantitative estimate of drug-likeness (QED) is 0.0625. The fourth-order valence-electron chi connectivity index (χ4n) is 5.53. The molecule has 0 bridgehead atoms. The third kappa shape index (κ3) is 17.2. The Labute approximate surface area is 277 Å². The number of amides is 2. The van der Waals surface area contributed by atoms with Gasteiger partial charge < -0.3 is 40.1 Å². The molecule has 1 fully saturated rings. The number of nitrogens with zero attached hydrogens (tertiary/aromatic N) is 1. The highest BCUT2D eigenvalue weighted by Gasteiger charge is 2.39. The lowest BCUT2D eigenvalue weighted by Gasteiger charge is -2.29. The predicted molar refractivity (Wildman–Crippen MR) is 178 cm³/mol. The summed E-state index contributed by atoms with van der Waals surface area (Å²) >= 11 is 0. The highest BCUT2D eigenvalue weighted by Crippen LogP contribution is 2.20. The molecule has 0 aliphatic carbocycles. The Morgan fingerprint density at radius 3 is 2.07 bits per heavy atom. The molecule has 2 amide bonds. The van der Waals surface area contributed by atoms with Crippen molar-refractivity contribution in [1.82, 2.24) is 10.2 Å². The molecule has 6 atom stereocenters. The van der Waals surface area contributed by atoms with E-state index in [0.29, 0.717) is 19.3 Å². The molecule has 1 heterocycles. The van der Waals surface area contributed by atoms with Gasteiger partial charge in [0.15, 0.2) is 6.10 Å². The van der Waals surface area contributed by atoms with Gasteiger partial charge in [-0.15, -0.1) is 0 Å². The van der Waals surface area contributed by atoms with Gasteiger partial charge >= 0.3 is 5.97 Å². The normalized spacial score (nSPS) is 20.3. The van der Waals surface area contributed by atoms with E-state index in [-0.39, 0.29) is 37.5 Å². The maximum absolute atomic E-state index is 13.4. The highest BCUT2D eigenvalue weighted by atomic mass is 16.5. The van der Waals surface area contributed by atoms with Gasteiger partial charge in [0.05, 0.1) is 6.54 Å². The molecule has 1 aliphatic rings. The Bertz CT molecular complexity index is 892.